The number of benzene rings is 2. The van der Waals surface area contributed by atoms with Crippen LogP contribution in [0, 0.1) is 0 Å². The third-order valence-corrected chi connectivity index (χ3v) is 4.82. The number of nitrogens with one attached hydrogen (secondary N) is 1. The van der Waals surface area contributed by atoms with Gasteiger partial charge in [0.25, 0.3) is 0 Å². The van der Waals surface area contributed by atoms with E-state index in [-0.39, 0.29) is 0 Å². The van der Waals surface area contributed by atoms with Crippen LogP contribution in [0.5, 0.6) is 0 Å². The highest BCUT2D eigenvalue weighted by Gasteiger charge is 2.10. The monoisotopic (exact) mass is 397 g/mol. The van der Waals surface area contributed by atoms with Crippen LogP contribution in [0.3, 0.4) is 0 Å². The van der Waals surface area contributed by atoms with Gasteiger partial charge in [0, 0.05) is 29.0 Å². The first-order valence-electron chi connectivity index (χ1n) is 8.25. The van der Waals surface area contributed by atoms with Crippen molar-refractivity contribution in [3.8, 4) is 11.3 Å². The summed E-state index contributed by atoms with van der Waals surface area (Å²) < 4.78 is 15.9. The second-order valence-electron chi connectivity index (χ2n) is 6.04. The van der Waals surface area contributed by atoms with Gasteiger partial charge in [-0.05, 0) is 42.0 Å². The van der Waals surface area contributed by atoms with Crippen LogP contribution in [-0.4, -0.2) is 30.3 Å². The summed E-state index contributed by atoms with van der Waals surface area (Å²) in [5.74, 6) is 0.758. The fraction of sp³-hybridized carbons (Fsp3) is 0.105. The van der Waals surface area contributed by atoms with Crippen LogP contribution in [-0.2, 0) is 17.4 Å². The molecule has 2 heterocycles. The number of rotatable bonds is 5. The molecule has 0 aliphatic rings. The highest BCUT2D eigenvalue weighted by Crippen LogP contribution is 2.21. The highest BCUT2D eigenvalue weighted by atomic mass is 35.5. The van der Waals surface area contributed by atoms with E-state index in [0.717, 1.165) is 28.3 Å². The largest absolute Gasteiger partial charge is 0.305 e. The quantitative estimate of drug-likeness (QED) is 0.556. The molecule has 0 spiro atoms. The Morgan fingerprint density at radius 1 is 1.00 bits per heavy atom. The van der Waals surface area contributed by atoms with E-state index in [1.807, 2.05) is 60.7 Å². The Morgan fingerprint density at radius 3 is 2.44 bits per heavy atom. The molecule has 1 N–H and O–H groups in total. The standard InChI is InChI=1S/C19H16ClN5OS/c1-27(26)24-16-8-4-14(5-9-16)17-10-11-18-21-22-19(25(18)23-17)12-13-2-6-15(20)7-3-13/h2-11,24H,12H2,1H3. The van der Waals surface area contributed by atoms with Crippen molar-refractivity contribution in [3.05, 3.63) is 77.1 Å². The zero-order valence-electron chi connectivity index (χ0n) is 14.5. The van der Waals surface area contributed by atoms with Gasteiger partial charge in [0.1, 0.15) is 11.0 Å². The minimum absolute atomic E-state index is 0.611. The van der Waals surface area contributed by atoms with Crippen molar-refractivity contribution in [2.45, 2.75) is 6.42 Å². The molecule has 0 fully saturated rings. The SMILES string of the molecule is CS(=O)Nc1ccc(-c2ccc3nnc(Cc4ccc(Cl)cc4)n3n2)cc1. The average molecular weight is 398 g/mol. The van der Waals surface area contributed by atoms with E-state index in [0.29, 0.717) is 17.1 Å². The Labute approximate surface area is 163 Å². The molecule has 1 atom stereocenters. The third-order valence-electron chi connectivity index (χ3n) is 4.05. The number of hydrogen-bond acceptors (Lipinski definition) is 4. The Morgan fingerprint density at radius 2 is 1.74 bits per heavy atom. The minimum atomic E-state index is -1.10. The van der Waals surface area contributed by atoms with Gasteiger partial charge in [0.15, 0.2) is 11.5 Å². The van der Waals surface area contributed by atoms with Gasteiger partial charge in [-0.1, -0.05) is 35.9 Å². The van der Waals surface area contributed by atoms with Crippen LogP contribution in [0.4, 0.5) is 5.69 Å². The van der Waals surface area contributed by atoms with Crippen LogP contribution in [0.2, 0.25) is 5.02 Å². The lowest BCUT2D eigenvalue weighted by atomic mass is 10.1. The molecule has 2 aromatic carbocycles. The molecule has 0 bridgehead atoms. The van der Waals surface area contributed by atoms with Gasteiger partial charge in [-0.15, -0.1) is 10.2 Å². The van der Waals surface area contributed by atoms with Crippen molar-refractivity contribution in [1.29, 1.82) is 0 Å². The van der Waals surface area contributed by atoms with Crippen molar-refractivity contribution >= 4 is 33.9 Å². The van der Waals surface area contributed by atoms with Crippen molar-refractivity contribution in [3.63, 3.8) is 0 Å². The molecule has 1 unspecified atom stereocenters. The maximum Gasteiger partial charge on any atom is 0.177 e. The molecule has 0 saturated carbocycles. The molecular weight excluding hydrogens is 382 g/mol. The van der Waals surface area contributed by atoms with Gasteiger partial charge in [-0.25, -0.2) is 4.21 Å². The van der Waals surface area contributed by atoms with E-state index < -0.39 is 11.0 Å². The summed E-state index contributed by atoms with van der Waals surface area (Å²) in [5.41, 5.74) is 4.35. The number of halogens is 1. The predicted molar refractivity (Wildman–Crippen MR) is 108 cm³/mol. The Kier molecular flexibility index (Phi) is 4.87. The summed E-state index contributed by atoms with van der Waals surface area (Å²) >= 11 is 5.95. The second-order valence-corrected chi connectivity index (χ2v) is 7.59. The first kappa shape index (κ1) is 17.6. The summed E-state index contributed by atoms with van der Waals surface area (Å²) in [7, 11) is -1.10. The lowest BCUT2D eigenvalue weighted by molar-refractivity contribution is 0.690. The van der Waals surface area contributed by atoms with Gasteiger partial charge in [0.2, 0.25) is 0 Å². The van der Waals surface area contributed by atoms with Crippen LogP contribution in [0.1, 0.15) is 11.4 Å². The summed E-state index contributed by atoms with van der Waals surface area (Å²) in [6.45, 7) is 0. The van der Waals surface area contributed by atoms with E-state index in [1.54, 1.807) is 10.8 Å². The summed E-state index contributed by atoms with van der Waals surface area (Å²) in [4.78, 5) is 0. The van der Waals surface area contributed by atoms with Gasteiger partial charge in [-0.3, -0.25) is 0 Å². The molecule has 6 nitrogen and oxygen atoms in total. The van der Waals surface area contributed by atoms with E-state index in [2.05, 4.69) is 14.9 Å². The number of aromatic nitrogens is 4. The van der Waals surface area contributed by atoms with Gasteiger partial charge >= 0.3 is 0 Å². The normalized spacial score (nSPS) is 12.2. The van der Waals surface area contributed by atoms with Crippen LogP contribution in [0.25, 0.3) is 16.9 Å². The molecule has 136 valence electrons. The molecule has 8 heteroatoms. The fourth-order valence-corrected chi connectivity index (χ4v) is 3.35. The number of fused-ring (bicyclic) bond motifs is 1. The topological polar surface area (TPSA) is 72.2 Å². The molecule has 2 aromatic heterocycles. The smallest absolute Gasteiger partial charge is 0.177 e. The van der Waals surface area contributed by atoms with Crippen molar-refractivity contribution in [2.24, 2.45) is 0 Å². The maximum absolute atomic E-state index is 11.3. The van der Waals surface area contributed by atoms with E-state index in [1.165, 1.54) is 0 Å². The number of nitrogens with zero attached hydrogens (tertiary/aromatic N) is 4. The van der Waals surface area contributed by atoms with Gasteiger partial charge in [0.05, 0.1) is 5.69 Å². The average Bonchev–Trinajstić information content (AvgIpc) is 3.06. The molecule has 27 heavy (non-hydrogen) atoms. The minimum Gasteiger partial charge on any atom is -0.305 e. The summed E-state index contributed by atoms with van der Waals surface area (Å²) in [6.07, 6.45) is 2.21. The zero-order valence-corrected chi connectivity index (χ0v) is 16.0. The second kappa shape index (κ2) is 7.46. The molecule has 0 amide bonds. The van der Waals surface area contributed by atoms with Gasteiger partial charge < -0.3 is 4.72 Å². The van der Waals surface area contributed by atoms with E-state index >= 15 is 0 Å². The van der Waals surface area contributed by atoms with Crippen LogP contribution >= 0.6 is 11.6 Å². The lowest BCUT2D eigenvalue weighted by Gasteiger charge is -2.06. The number of hydrogen-bond donors (Lipinski definition) is 1. The first-order chi connectivity index (χ1) is 13.1. The lowest BCUT2D eigenvalue weighted by Crippen LogP contribution is -2.02. The molecule has 4 aromatic rings. The molecule has 0 aliphatic carbocycles. The number of anilines is 1. The Balaban J connectivity index is 1.65. The van der Waals surface area contributed by atoms with E-state index in [4.69, 9.17) is 16.7 Å². The Bertz CT molecular complexity index is 1110. The van der Waals surface area contributed by atoms with Crippen molar-refractivity contribution < 1.29 is 4.21 Å². The third kappa shape index (κ3) is 3.99. The Hall–Kier alpha value is -2.77. The zero-order chi connectivity index (χ0) is 18.8. The predicted octanol–water partition coefficient (Wildman–Crippen LogP) is 3.74. The molecule has 4 rings (SSSR count). The van der Waals surface area contributed by atoms with Crippen LogP contribution < -0.4 is 4.72 Å². The maximum atomic E-state index is 11.3. The summed E-state index contributed by atoms with van der Waals surface area (Å²) in [5, 5.41) is 13.9. The van der Waals surface area contributed by atoms with Crippen LogP contribution in [0.15, 0.2) is 60.7 Å². The molecule has 0 aliphatic heterocycles. The molecular formula is C19H16ClN5OS. The van der Waals surface area contributed by atoms with E-state index in [9.17, 15) is 4.21 Å². The highest BCUT2D eigenvalue weighted by molar-refractivity contribution is 7.85. The van der Waals surface area contributed by atoms with Crippen molar-refractivity contribution in [1.82, 2.24) is 19.8 Å². The van der Waals surface area contributed by atoms with Gasteiger partial charge in [-0.2, -0.15) is 9.61 Å². The summed E-state index contributed by atoms with van der Waals surface area (Å²) in [6, 6.07) is 19.1. The molecule has 0 saturated heterocycles. The fourth-order valence-electron chi connectivity index (χ4n) is 2.76. The van der Waals surface area contributed by atoms with Crippen molar-refractivity contribution in [2.75, 3.05) is 11.0 Å². The molecule has 0 radical (unpaired) electrons. The first-order valence-corrected chi connectivity index (χ1v) is 10.2.